The molecular weight excluding hydrogens is 256 g/mol. The van der Waals surface area contributed by atoms with Gasteiger partial charge in [-0.2, -0.15) is 0 Å². The standard InChI is InChI=1S/C10H10N4O3S/c11-12-8-2-1-7(5-9(8)14(16)17)6-13-3-4-18-10(13)15/h1-5,12H,6,11H2. The quantitative estimate of drug-likeness (QED) is 0.491. The number of nitro groups is 1. The molecule has 1 aromatic carbocycles. The molecule has 0 saturated heterocycles. The molecule has 0 aliphatic rings. The van der Waals surface area contributed by atoms with E-state index in [0.29, 0.717) is 12.1 Å². The molecule has 0 fully saturated rings. The van der Waals surface area contributed by atoms with E-state index in [4.69, 9.17) is 5.84 Å². The zero-order valence-electron chi connectivity index (χ0n) is 9.20. The predicted octanol–water partition coefficient (Wildman–Crippen LogP) is 1.15. The first kappa shape index (κ1) is 12.3. The number of hydrogen-bond donors (Lipinski definition) is 2. The maximum absolute atomic E-state index is 11.4. The van der Waals surface area contributed by atoms with Crippen molar-refractivity contribution in [1.82, 2.24) is 4.57 Å². The molecule has 2 rings (SSSR count). The highest BCUT2D eigenvalue weighted by Gasteiger charge is 2.14. The van der Waals surface area contributed by atoms with Gasteiger partial charge in [-0.15, -0.1) is 0 Å². The Labute approximate surface area is 106 Å². The average Bonchev–Trinajstić information content (AvgIpc) is 2.75. The van der Waals surface area contributed by atoms with Gasteiger partial charge < -0.3 is 9.99 Å². The van der Waals surface area contributed by atoms with Crippen molar-refractivity contribution in [2.75, 3.05) is 5.43 Å². The lowest BCUT2D eigenvalue weighted by Crippen LogP contribution is -2.13. The van der Waals surface area contributed by atoms with Crippen LogP contribution in [-0.2, 0) is 6.54 Å². The molecule has 1 aromatic heterocycles. The lowest BCUT2D eigenvalue weighted by atomic mass is 10.1. The van der Waals surface area contributed by atoms with Gasteiger partial charge in [-0.1, -0.05) is 17.4 Å². The molecule has 1 heterocycles. The van der Waals surface area contributed by atoms with Crippen molar-refractivity contribution < 1.29 is 4.92 Å². The monoisotopic (exact) mass is 266 g/mol. The zero-order valence-corrected chi connectivity index (χ0v) is 10.0. The van der Waals surface area contributed by atoms with E-state index in [9.17, 15) is 14.9 Å². The minimum atomic E-state index is -0.519. The van der Waals surface area contributed by atoms with Crippen LogP contribution < -0.4 is 16.1 Å². The van der Waals surface area contributed by atoms with Crippen LogP contribution in [0.25, 0.3) is 0 Å². The van der Waals surface area contributed by atoms with E-state index in [1.165, 1.54) is 16.7 Å². The second kappa shape index (κ2) is 4.98. The van der Waals surface area contributed by atoms with Crippen LogP contribution in [0.4, 0.5) is 11.4 Å². The van der Waals surface area contributed by atoms with Gasteiger partial charge in [-0.05, 0) is 11.6 Å². The third-order valence-corrected chi connectivity index (χ3v) is 3.11. The Morgan fingerprint density at radius 2 is 2.28 bits per heavy atom. The summed E-state index contributed by atoms with van der Waals surface area (Å²) in [6, 6.07) is 4.61. The molecule has 0 atom stereocenters. The van der Waals surface area contributed by atoms with Crippen molar-refractivity contribution in [1.29, 1.82) is 0 Å². The Kier molecular flexibility index (Phi) is 3.40. The van der Waals surface area contributed by atoms with Crippen molar-refractivity contribution >= 4 is 22.7 Å². The largest absolute Gasteiger partial charge is 0.318 e. The number of nitrogens with one attached hydrogen (secondary N) is 1. The number of anilines is 1. The number of nitrogen functional groups attached to an aromatic ring is 1. The number of nitrogens with zero attached hydrogens (tertiary/aromatic N) is 2. The molecule has 94 valence electrons. The van der Waals surface area contributed by atoms with Gasteiger partial charge in [-0.3, -0.25) is 20.8 Å². The van der Waals surface area contributed by atoms with E-state index in [2.05, 4.69) is 5.43 Å². The molecule has 0 amide bonds. The Balaban J connectivity index is 2.36. The fourth-order valence-electron chi connectivity index (χ4n) is 1.55. The first-order valence-corrected chi connectivity index (χ1v) is 5.87. The second-order valence-corrected chi connectivity index (χ2v) is 4.41. The molecular formula is C10H10N4O3S. The number of rotatable bonds is 4. The molecule has 7 nitrogen and oxygen atoms in total. The van der Waals surface area contributed by atoms with Gasteiger partial charge in [0.1, 0.15) is 5.69 Å². The van der Waals surface area contributed by atoms with E-state index in [1.807, 2.05) is 0 Å². The van der Waals surface area contributed by atoms with Crippen molar-refractivity contribution in [3.05, 3.63) is 55.1 Å². The van der Waals surface area contributed by atoms with Gasteiger partial charge >= 0.3 is 4.87 Å². The highest BCUT2D eigenvalue weighted by Crippen LogP contribution is 2.24. The summed E-state index contributed by atoms with van der Waals surface area (Å²) in [6.45, 7) is 0.300. The third kappa shape index (κ3) is 2.39. The highest BCUT2D eigenvalue weighted by atomic mass is 32.1. The number of nitrogens with two attached hydrogens (primary N) is 1. The molecule has 0 radical (unpaired) electrons. The minimum absolute atomic E-state index is 0.0984. The number of thiazole rings is 1. The van der Waals surface area contributed by atoms with Crippen LogP contribution >= 0.6 is 11.3 Å². The SMILES string of the molecule is NNc1ccc(Cn2ccsc2=O)cc1[N+](=O)[O-]. The molecule has 0 aliphatic heterocycles. The average molecular weight is 266 g/mol. The molecule has 8 heteroatoms. The summed E-state index contributed by atoms with van der Waals surface area (Å²) in [5, 5.41) is 12.5. The molecule has 18 heavy (non-hydrogen) atoms. The van der Waals surface area contributed by atoms with Crippen molar-refractivity contribution in [3.63, 3.8) is 0 Å². The first-order chi connectivity index (χ1) is 8.61. The van der Waals surface area contributed by atoms with E-state index >= 15 is 0 Å². The van der Waals surface area contributed by atoms with Crippen molar-refractivity contribution in [2.24, 2.45) is 5.84 Å². The molecule has 0 saturated carbocycles. The predicted molar refractivity (Wildman–Crippen MR) is 68.6 cm³/mol. The van der Waals surface area contributed by atoms with Crippen LogP contribution in [0.2, 0.25) is 0 Å². The minimum Gasteiger partial charge on any atom is -0.318 e. The van der Waals surface area contributed by atoms with Crippen LogP contribution in [0.3, 0.4) is 0 Å². The third-order valence-electron chi connectivity index (χ3n) is 2.41. The first-order valence-electron chi connectivity index (χ1n) is 4.99. The fraction of sp³-hybridized carbons (Fsp3) is 0.100. The van der Waals surface area contributed by atoms with Gasteiger partial charge in [0, 0.05) is 17.6 Å². The second-order valence-electron chi connectivity index (χ2n) is 3.55. The normalized spacial score (nSPS) is 10.3. The summed E-state index contributed by atoms with van der Waals surface area (Å²) in [5.41, 5.74) is 3.06. The van der Waals surface area contributed by atoms with Gasteiger partial charge in [0.05, 0.1) is 11.5 Å². The number of benzene rings is 1. The Morgan fingerprint density at radius 1 is 1.50 bits per heavy atom. The van der Waals surface area contributed by atoms with Gasteiger partial charge in [0.15, 0.2) is 0 Å². The Morgan fingerprint density at radius 3 is 2.83 bits per heavy atom. The van der Waals surface area contributed by atoms with Gasteiger partial charge in [0.25, 0.3) is 5.69 Å². The van der Waals surface area contributed by atoms with Crippen LogP contribution in [-0.4, -0.2) is 9.49 Å². The van der Waals surface area contributed by atoms with Crippen LogP contribution in [0, 0.1) is 10.1 Å². The van der Waals surface area contributed by atoms with E-state index in [-0.39, 0.29) is 16.2 Å². The topological polar surface area (TPSA) is 103 Å². The maximum Gasteiger partial charge on any atom is 0.307 e. The molecule has 0 spiro atoms. The summed E-state index contributed by atoms with van der Waals surface area (Å²) in [7, 11) is 0. The fourth-order valence-corrected chi connectivity index (χ4v) is 2.14. The Hall–Kier alpha value is -2.19. The van der Waals surface area contributed by atoms with E-state index in [1.54, 1.807) is 17.6 Å². The number of nitro benzene ring substituents is 1. The summed E-state index contributed by atoms with van der Waals surface area (Å²) in [5.74, 6) is 5.19. The maximum atomic E-state index is 11.4. The molecule has 2 aromatic rings. The van der Waals surface area contributed by atoms with E-state index < -0.39 is 4.92 Å². The van der Waals surface area contributed by atoms with Crippen LogP contribution in [0.15, 0.2) is 34.6 Å². The lowest BCUT2D eigenvalue weighted by molar-refractivity contribution is -0.384. The molecule has 3 N–H and O–H groups in total. The number of aromatic nitrogens is 1. The summed E-state index contributed by atoms with van der Waals surface area (Å²) >= 11 is 1.08. The van der Waals surface area contributed by atoms with Gasteiger partial charge in [0.2, 0.25) is 0 Å². The van der Waals surface area contributed by atoms with Crippen molar-refractivity contribution in [3.8, 4) is 0 Å². The summed E-state index contributed by atoms with van der Waals surface area (Å²) in [6.07, 6.45) is 1.65. The highest BCUT2D eigenvalue weighted by molar-refractivity contribution is 7.07. The van der Waals surface area contributed by atoms with Crippen molar-refractivity contribution in [2.45, 2.75) is 6.54 Å². The number of hydrogen-bond acceptors (Lipinski definition) is 6. The van der Waals surface area contributed by atoms with E-state index in [0.717, 1.165) is 11.3 Å². The molecule has 0 bridgehead atoms. The van der Waals surface area contributed by atoms with Crippen LogP contribution in [0.5, 0.6) is 0 Å². The van der Waals surface area contributed by atoms with Gasteiger partial charge in [-0.25, -0.2) is 0 Å². The Bertz CT molecular complexity index is 634. The van der Waals surface area contributed by atoms with Crippen LogP contribution in [0.1, 0.15) is 5.56 Å². The zero-order chi connectivity index (χ0) is 13.1. The molecule has 0 unspecified atom stereocenters. The molecule has 0 aliphatic carbocycles. The summed E-state index contributed by atoms with van der Waals surface area (Å²) < 4.78 is 1.49. The smallest absolute Gasteiger partial charge is 0.307 e. The number of hydrazine groups is 1. The lowest BCUT2D eigenvalue weighted by Gasteiger charge is -2.05. The summed E-state index contributed by atoms with van der Waals surface area (Å²) in [4.78, 5) is 21.6.